The maximum Gasteiger partial charge on any atom is 0.416 e. The smallest absolute Gasteiger partial charge is 0.377 e. The van der Waals surface area contributed by atoms with E-state index < -0.39 is 17.6 Å². The van der Waals surface area contributed by atoms with Crippen LogP contribution in [0.15, 0.2) is 41.0 Å². The Balaban J connectivity index is 2.23. The second-order valence-electron chi connectivity index (χ2n) is 4.49. The van der Waals surface area contributed by atoms with E-state index in [1.165, 1.54) is 18.2 Å². The van der Waals surface area contributed by atoms with E-state index >= 15 is 0 Å². The molecule has 1 heterocycles. The van der Waals surface area contributed by atoms with Crippen LogP contribution in [0.2, 0.25) is 0 Å². The summed E-state index contributed by atoms with van der Waals surface area (Å²) in [7, 11) is 0. The Bertz CT molecular complexity index is 626. The van der Waals surface area contributed by atoms with Crippen LogP contribution in [0.4, 0.5) is 23.2 Å². The number of nitrogens with zero attached hydrogens (tertiary/aromatic N) is 1. The van der Waals surface area contributed by atoms with Gasteiger partial charge in [-0.2, -0.15) is 13.2 Å². The topological polar surface area (TPSA) is 24.9 Å². The van der Waals surface area contributed by atoms with Crippen LogP contribution in [0.1, 0.15) is 24.2 Å². The van der Waals surface area contributed by atoms with Gasteiger partial charge >= 0.3 is 6.18 Å². The van der Waals surface area contributed by atoms with Crippen molar-refractivity contribution in [2.45, 2.75) is 19.1 Å². The summed E-state index contributed by atoms with van der Waals surface area (Å²) in [5, 5.41) is 2.92. The molecule has 0 bridgehead atoms. The van der Waals surface area contributed by atoms with Gasteiger partial charge in [-0.3, -0.25) is 4.98 Å². The van der Waals surface area contributed by atoms with Gasteiger partial charge in [0, 0.05) is 10.2 Å². The van der Waals surface area contributed by atoms with Crippen LogP contribution in [0.3, 0.4) is 0 Å². The van der Waals surface area contributed by atoms with Crippen molar-refractivity contribution in [2.75, 3.05) is 5.32 Å². The fourth-order valence-corrected chi connectivity index (χ4v) is 2.30. The molecular formula is C14H11BrF4N2. The molecule has 0 aliphatic rings. The molecular weight excluding hydrogens is 352 g/mol. The van der Waals surface area contributed by atoms with Gasteiger partial charge in [0.25, 0.3) is 0 Å². The molecule has 1 aromatic carbocycles. The van der Waals surface area contributed by atoms with E-state index in [2.05, 4.69) is 26.2 Å². The highest BCUT2D eigenvalue weighted by molar-refractivity contribution is 9.10. The molecule has 21 heavy (non-hydrogen) atoms. The van der Waals surface area contributed by atoms with Crippen LogP contribution in [0.25, 0.3) is 0 Å². The Kier molecular flexibility index (Phi) is 4.51. The fraction of sp³-hybridized carbons (Fsp3) is 0.214. The number of nitrogens with one attached hydrogen (secondary N) is 1. The van der Waals surface area contributed by atoms with Gasteiger partial charge in [0.05, 0.1) is 23.5 Å². The molecule has 0 radical (unpaired) electrons. The third-order valence-electron chi connectivity index (χ3n) is 2.80. The number of hydrogen-bond donors (Lipinski definition) is 1. The number of hydrogen-bond acceptors (Lipinski definition) is 2. The highest BCUT2D eigenvalue weighted by Gasteiger charge is 2.31. The zero-order valence-corrected chi connectivity index (χ0v) is 12.5. The van der Waals surface area contributed by atoms with E-state index in [9.17, 15) is 17.6 Å². The van der Waals surface area contributed by atoms with Gasteiger partial charge in [-0.1, -0.05) is 15.9 Å². The number of halogens is 5. The molecule has 0 saturated carbocycles. The molecule has 0 aliphatic heterocycles. The van der Waals surface area contributed by atoms with Crippen molar-refractivity contribution in [3.8, 4) is 0 Å². The van der Waals surface area contributed by atoms with Crippen LogP contribution in [0.5, 0.6) is 0 Å². The van der Waals surface area contributed by atoms with Gasteiger partial charge in [0.2, 0.25) is 0 Å². The lowest BCUT2D eigenvalue weighted by molar-refractivity contribution is -0.137. The molecule has 0 saturated heterocycles. The highest BCUT2D eigenvalue weighted by Crippen LogP contribution is 2.34. The average molecular weight is 363 g/mol. The number of pyridine rings is 1. The number of alkyl halides is 3. The Morgan fingerprint density at radius 3 is 2.48 bits per heavy atom. The summed E-state index contributed by atoms with van der Waals surface area (Å²) in [6, 6.07) is 5.94. The number of benzene rings is 1. The van der Waals surface area contributed by atoms with Crippen LogP contribution in [0, 0.1) is 5.82 Å². The Morgan fingerprint density at radius 1 is 1.19 bits per heavy atom. The van der Waals surface area contributed by atoms with Gasteiger partial charge in [0.1, 0.15) is 5.82 Å². The largest absolute Gasteiger partial charge is 0.416 e. The van der Waals surface area contributed by atoms with Crippen molar-refractivity contribution in [1.82, 2.24) is 4.98 Å². The molecule has 2 nitrogen and oxygen atoms in total. The first kappa shape index (κ1) is 15.8. The second-order valence-corrected chi connectivity index (χ2v) is 5.41. The molecule has 7 heteroatoms. The van der Waals surface area contributed by atoms with Gasteiger partial charge < -0.3 is 5.32 Å². The summed E-state index contributed by atoms with van der Waals surface area (Å²) >= 11 is 3.06. The summed E-state index contributed by atoms with van der Waals surface area (Å²) in [4.78, 5) is 3.90. The first-order valence-corrected chi connectivity index (χ1v) is 6.81. The molecule has 1 unspecified atom stereocenters. The van der Waals surface area contributed by atoms with Gasteiger partial charge in [-0.25, -0.2) is 4.39 Å². The van der Waals surface area contributed by atoms with E-state index in [0.717, 1.165) is 18.3 Å². The summed E-state index contributed by atoms with van der Waals surface area (Å²) in [5.41, 5.74) is 0.0823. The Labute approximate surface area is 127 Å². The monoisotopic (exact) mass is 362 g/mol. The van der Waals surface area contributed by atoms with Crippen molar-refractivity contribution in [3.05, 3.63) is 58.1 Å². The molecule has 112 valence electrons. The first-order chi connectivity index (χ1) is 9.75. The molecule has 0 fully saturated rings. The van der Waals surface area contributed by atoms with E-state index in [0.29, 0.717) is 15.9 Å². The summed E-state index contributed by atoms with van der Waals surface area (Å²) < 4.78 is 51.4. The zero-order chi connectivity index (χ0) is 15.6. The molecule has 0 amide bonds. The predicted octanol–water partition coefficient (Wildman–Crippen LogP) is 5.18. The SMILES string of the molecule is CC(Nc1cc(Br)cc(C(F)(F)F)c1)c1ccc(F)cn1. The van der Waals surface area contributed by atoms with E-state index in [-0.39, 0.29) is 6.04 Å². The molecule has 2 aromatic rings. The standard InChI is InChI=1S/C14H11BrF4N2/c1-8(13-3-2-11(16)7-20-13)21-12-5-9(14(17,18)19)4-10(15)6-12/h2-8,21H,1H3. The van der Waals surface area contributed by atoms with Crippen molar-refractivity contribution in [3.63, 3.8) is 0 Å². The second kappa shape index (κ2) is 6.01. The van der Waals surface area contributed by atoms with Crippen molar-refractivity contribution in [2.24, 2.45) is 0 Å². The van der Waals surface area contributed by atoms with Crippen molar-refractivity contribution >= 4 is 21.6 Å². The minimum absolute atomic E-state index is 0.301. The summed E-state index contributed by atoms with van der Waals surface area (Å²) in [6.45, 7) is 1.73. The average Bonchev–Trinajstić information content (AvgIpc) is 2.37. The highest BCUT2D eigenvalue weighted by atomic mass is 79.9. The molecule has 1 atom stereocenters. The number of aromatic nitrogens is 1. The normalized spacial score (nSPS) is 13.0. The lowest BCUT2D eigenvalue weighted by atomic mass is 10.1. The minimum atomic E-state index is -4.42. The van der Waals surface area contributed by atoms with Gasteiger partial charge in [-0.05, 0) is 37.3 Å². The van der Waals surface area contributed by atoms with Crippen LogP contribution in [-0.2, 0) is 6.18 Å². The summed E-state index contributed by atoms with van der Waals surface area (Å²) in [5.74, 6) is -0.465. The van der Waals surface area contributed by atoms with Crippen LogP contribution < -0.4 is 5.32 Å². The maximum absolute atomic E-state index is 12.8. The van der Waals surface area contributed by atoms with Gasteiger partial charge in [-0.15, -0.1) is 0 Å². The molecule has 0 aliphatic carbocycles. The lowest BCUT2D eigenvalue weighted by Gasteiger charge is -2.17. The first-order valence-electron chi connectivity index (χ1n) is 6.01. The fourth-order valence-electron chi connectivity index (χ4n) is 1.80. The zero-order valence-electron chi connectivity index (χ0n) is 10.9. The quantitative estimate of drug-likeness (QED) is 0.761. The van der Waals surface area contributed by atoms with E-state index in [4.69, 9.17) is 0 Å². The Morgan fingerprint density at radius 2 is 1.90 bits per heavy atom. The number of anilines is 1. The third-order valence-corrected chi connectivity index (χ3v) is 3.26. The lowest BCUT2D eigenvalue weighted by Crippen LogP contribution is -2.10. The van der Waals surface area contributed by atoms with Crippen molar-refractivity contribution in [1.29, 1.82) is 0 Å². The van der Waals surface area contributed by atoms with Crippen LogP contribution in [-0.4, -0.2) is 4.98 Å². The molecule has 1 aromatic heterocycles. The third kappa shape index (κ3) is 4.17. The predicted molar refractivity (Wildman–Crippen MR) is 75.4 cm³/mol. The van der Waals surface area contributed by atoms with Crippen LogP contribution >= 0.6 is 15.9 Å². The van der Waals surface area contributed by atoms with E-state index in [1.807, 2.05) is 0 Å². The molecule has 1 N–H and O–H groups in total. The van der Waals surface area contributed by atoms with E-state index in [1.54, 1.807) is 6.92 Å². The maximum atomic E-state index is 12.8. The Hall–Kier alpha value is -1.63. The molecule has 2 rings (SSSR count). The minimum Gasteiger partial charge on any atom is -0.377 e. The summed E-state index contributed by atoms with van der Waals surface area (Å²) in [6.07, 6.45) is -3.35. The van der Waals surface area contributed by atoms with Gasteiger partial charge in [0.15, 0.2) is 0 Å². The molecule has 0 spiro atoms. The van der Waals surface area contributed by atoms with Crippen molar-refractivity contribution < 1.29 is 17.6 Å². The number of rotatable bonds is 3.